The predicted molar refractivity (Wildman–Crippen MR) is 91.8 cm³/mol. The van der Waals surface area contributed by atoms with Gasteiger partial charge in [-0.2, -0.15) is 5.10 Å². The fourth-order valence-corrected chi connectivity index (χ4v) is 2.34. The lowest BCUT2D eigenvalue weighted by Gasteiger charge is -2.07. The van der Waals surface area contributed by atoms with E-state index in [0.717, 1.165) is 0 Å². The van der Waals surface area contributed by atoms with Gasteiger partial charge in [0.2, 0.25) is 0 Å². The number of carbonyl (C=O) groups excluding carboxylic acids is 2. The highest BCUT2D eigenvalue weighted by Gasteiger charge is 2.15. The van der Waals surface area contributed by atoms with Crippen LogP contribution in [0.1, 0.15) is 20.7 Å². The van der Waals surface area contributed by atoms with Crippen LogP contribution < -0.4 is 10.6 Å². The molecule has 0 fully saturated rings. The fraction of sp³-hybridized carbons (Fsp3) is 0.0556. The molecule has 0 saturated heterocycles. The summed E-state index contributed by atoms with van der Waals surface area (Å²) in [5.41, 5.74) is 2.53. The van der Waals surface area contributed by atoms with Gasteiger partial charge in [-0.1, -0.05) is 0 Å². The van der Waals surface area contributed by atoms with E-state index in [1.165, 1.54) is 18.3 Å². The van der Waals surface area contributed by atoms with Crippen LogP contribution in [0.5, 0.6) is 0 Å². The van der Waals surface area contributed by atoms with Crippen LogP contribution in [0.2, 0.25) is 0 Å². The average molecular weight is 338 g/mol. The Morgan fingerprint density at radius 1 is 1.00 bits per heavy atom. The number of H-pyrrole nitrogens is 1. The van der Waals surface area contributed by atoms with Gasteiger partial charge in [0.25, 0.3) is 11.8 Å². The minimum absolute atomic E-state index is 0.202. The molecule has 3 rings (SSSR count). The van der Waals surface area contributed by atoms with Crippen LogP contribution in [-0.4, -0.2) is 29.1 Å². The summed E-state index contributed by atoms with van der Waals surface area (Å²) in [6, 6.07) is 12.3. The maximum atomic E-state index is 13.1. The summed E-state index contributed by atoms with van der Waals surface area (Å²) in [4.78, 5) is 24.0. The molecule has 1 heterocycles. The number of aromatic nitrogens is 2. The minimum atomic E-state index is -0.360. The van der Waals surface area contributed by atoms with Crippen molar-refractivity contribution in [3.63, 3.8) is 0 Å². The van der Waals surface area contributed by atoms with E-state index in [-0.39, 0.29) is 17.6 Å². The number of hydrogen-bond donors (Lipinski definition) is 3. The molecule has 0 aliphatic rings. The predicted octanol–water partition coefficient (Wildman–Crippen LogP) is 2.83. The van der Waals surface area contributed by atoms with Crippen molar-refractivity contribution in [2.75, 3.05) is 12.4 Å². The van der Waals surface area contributed by atoms with Gasteiger partial charge in [0, 0.05) is 23.9 Å². The molecule has 0 aliphatic carbocycles. The zero-order valence-corrected chi connectivity index (χ0v) is 13.3. The first kappa shape index (κ1) is 16.4. The molecule has 0 aliphatic heterocycles. The summed E-state index contributed by atoms with van der Waals surface area (Å²) >= 11 is 0. The maximum Gasteiger partial charge on any atom is 0.259 e. The number of nitrogens with one attached hydrogen (secondary N) is 3. The van der Waals surface area contributed by atoms with Crippen molar-refractivity contribution in [3.05, 3.63) is 71.7 Å². The first-order valence-electron chi connectivity index (χ1n) is 7.51. The molecule has 2 amide bonds. The highest BCUT2D eigenvalue weighted by Crippen LogP contribution is 2.22. The number of halogens is 1. The Labute approximate surface area is 143 Å². The molecule has 25 heavy (non-hydrogen) atoms. The molecule has 3 aromatic rings. The molecule has 0 unspecified atom stereocenters. The first-order chi connectivity index (χ1) is 12.1. The Morgan fingerprint density at radius 3 is 2.32 bits per heavy atom. The molecule has 126 valence electrons. The third-order valence-electron chi connectivity index (χ3n) is 3.65. The number of benzene rings is 2. The van der Waals surface area contributed by atoms with E-state index < -0.39 is 0 Å². The second-order valence-electron chi connectivity index (χ2n) is 5.28. The number of aromatic amines is 1. The van der Waals surface area contributed by atoms with Gasteiger partial charge in [-0.05, 0) is 48.5 Å². The number of amides is 2. The molecular weight excluding hydrogens is 323 g/mol. The van der Waals surface area contributed by atoms with Crippen molar-refractivity contribution in [1.82, 2.24) is 15.5 Å². The van der Waals surface area contributed by atoms with Gasteiger partial charge in [0.15, 0.2) is 0 Å². The monoisotopic (exact) mass is 338 g/mol. The normalized spacial score (nSPS) is 10.3. The van der Waals surface area contributed by atoms with Gasteiger partial charge in [-0.25, -0.2) is 4.39 Å². The topological polar surface area (TPSA) is 86.9 Å². The molecule has 0 atom stereocenters. The Kier molecular flexibility index (Phi) is 4.56. The van der Waals surface area contributed by atoms with Crippen molar-refractivity contribution in [1.29, 1.82) is 0 Å². The molecule has 0 bridgehead atoms. The number of hydrogen-bond acceptors (Lipinski definition) is 3. The van der Waals surface area contributed by atoms with Crippen molar-refractivity contribution < 1.29 is 14.0 Å². The van der Waals surface area contributed by atoms with E-state index in [4.69, 9.17) is 0 Å². The summed E-state index contributed by atoms with van der Waals surface area (Å²) in [5.74, 6) is -0.919. The van der Waals surface area contributed by atoms with E-state index in [1.807, 2.05) is 0 Å². The van der Waals surface area contributed by atoms with Crippen LogP contribution in [0.3, 0.4) is 0 Å². The van der Waals surface area contributed by atoms with E-state index in [9.17, 15) is 14.0 Å². The molecular formula is C18H15FN4O2. The quantitative estimate of drug-likeness (QED) is 0.684. The Hall–Kier alpha value is -3.48. The molecule has 1 aromatic heterocycles. The third kappa shape index (κ3) is 3.55. The fourth-order valence-electron chi connectivity index (χ4n) is 2.34. The van der Waals surface area contributed by atoms with Crippen LogP contribution in [-0.2, 0) is 0 Å². The van der Waals surface area contributed by atoms with Crippen LogP contribution in [0.25, 0.3) is 11.3 Å². The smallest absolute Gasteiger partial charge is 0.259 e. The lowest BCUT2D eigenvalue weighted by Crippen LogP contribution is -2.18. The molecule has 0 radical (unpaired) electrons. The summed E-state index contributed by atoms with van der Waals surface area (Å²) in [6.07, 6.45) is 1.41. The summed E-state index contributed by atoms with van der Waals surface area (Å²) in [6.45, 7) is 0. The SMILES string of the molecule is CNC(=O)c1ccc(NC(=O)c2cn[nH]c2-c2ccc(F)cc2)cc1. The minimum Gasteiger partial charge on any atom is -0.355 e. The van der Waals surface area contributed by atoms with Crippen LogP contribution >= 0.6 is 0 Å². The summed E-state index contributed by atoms with van der Waals surface area (Å²) in [5, 5.41) is 11.9. The Morgan fingerprint density at radius 2 is 1.68 bits per heavy atom. The molecule has 3 N–H and O–H groups in total. The molecule has 2 aromatic carbocycles. The maximum absolute atomic E-state index is 13.1. The van der Waals surface area contributed by atoms with E-state index in [2.05, 4.69) is 20.8 Å². The number of anilines is 1. The van der Waals surface area contributed by atoms with Crippen molar-refractivity contribution >= 4 is 17.5 Å². The van der Waals surface area contributed by atoms with Gasteiger partial charge >= 0.3 is 0 Å². The second-order valence-corrected chi connectivity index (χ2v) is 5.28. The lowest BCUT2D eigenvalue weighted by molar-refractivity contribution is 0.0962. The molecule has 6 nitrogen and oxygen atoms in total. The van der Waals surface area contributed by atoms with Crippen molar-refractivity contribution in [2.45, 2.75) is 0 Å². The van der Waals surface area contributed by atoms with Crippen molar-refractivity contribution in [3.8, 4) is 11.3 Å². The second kappa shape index (κ2) is 6.96. The van der Waals surface area contributed by atoms with E-state index in [0.29, 0.717) is 28.1 Å². The number of rotatable bonds is 4. The highest BCUT2D eigenvalue weighted by molar-refractivity contribution is 6.08. The van der Waals surface area contributed by atoms with Gasteiger partial charge in [-0.3, -0.25) is 14.7 Å². The lowest BCUT2D eigenvalue weighted by atomic mass is 10.1. The van der Waals surface area contributed by atoms with Gasteiger partial charge in [0.05, 0.1) is 17.5 Å². The zero-order valence-electron chi connectivity index (χ0n) is 13.3. The highest BCUT2D eigenvalue weighted by atomic mass is 19.1. The van der Waals surface area contributed by atoms with Crippen LogP contribution in [0, 0.1) is 5.82 Å². The van der Waals surface area contributed by atoms with Crippen LogP contribution in [0.15, 0.2) is 54.7 Å². The zero-order chi connectivity index (χ0) is 17.8. The summed E-state index contributed by atoms with van der Waals surface area (Å²) < 4.78 is 13.1. The van der Waals surface area contributed by atoms with Crippen LogP contribution in [0.4, 0.5) is 10.1 Å². The van der Waals surface area contributed by atoms with Gasteiger partial charge < -0.3 is 10.6 Å². The van der Waals surface area contributed by atoms with E-state index in [1.54, 1.807) is 43.4 Å². The number of carbonyl (C=O) groups is 2. The molecule has 0 spiro atoms. The van der Waals surface area contributed by atoms with Gasteiger partial charge in [-0.15, -0.1) is 0 Å². The largest absolute Gasteiger partial charge is 0.355 e. The van der Waals surface area contributed by atoms with E-state index >= 15 is 0 Å². The Balaban J connectivity index is 1.79. The third-order valence-corrected chi connectivity index (χ3v) is 3.65. The molecule has 0 saturated carbocycles. The first-order valence-corrected chi connectivity index (χ1v) is 7.51. The summed E-state index contributed by atoms with van der Waals surface area (Å²) in [7, 11) is 1.55. The van der Waals surface area contributed by atoms with Crippen molar-refractivity contribution in [2.24, 2.45) is 0 Å². The Bertz CT molecular complexity index is 902. The van der Waals surface area contributed by atoms with Gasteiger partial charge in [0.1, 0.15) is 5.82 Å². The standard InChI is InChI=1S/C18H15FN4O2/c1-20-17(24)12-4-8-14(9-5-12)22-18(25)15-10-21-23-16(15)11-2-6-13(19)7-3-11/h2-10H,1H3,(H,20,24)(H,21,23)(H,22,25). The number of nitrogens with zero attached hydrogens (tertiary/aromatic N) is 1. The average Bonchev–Trinajstić information content (AvgIpc) is 3.12. The molecule has 7 heteroatoms.